The lowest BCUT2D eigenvalue weighted by Gasteiger charge is -2.28. The van der Waals surface area contributed by atoms with Crippen LogP contribution in [0.2, 0.25) is 0 Å². The molecule has 0 saturated heterocycles. The zero-order valence-electron chi connectivity index (χ0n) is 9.24. The van der Waals surface area contributed by atoms with Gasteiger partial charge in [-0.1, -0.05) is 30.3 Å². The number of alkyl halides is 3. The molecular weight excluding hydrogens is 233 g/mol. The van der Waals surface area contributed by atoms with E-state index in [1.807, 2.05) is 18.2 Å². The van der Waals surface area contributed by atoms with Gasteiger partial charge in [0.2, 0.25) is 0 Å². The van der Waals surface area contributed by atoms with Gasteiger partial charge in [-0.2, -0.15) is 13.2 Å². The van der Waals surface area contributed by atoms with Crippen molar-refractivity contribution in [1.82, 2.24) is 0 Å². The van der Waals surface area contributed by atoms with Gasteiger partial charge in [-0.15, -0.1) is 0 Å². The molecule has 1 atom stereocenters. The Morgan fingerprint density at radius 2 is 1.65 bits per heavy atom. The topological polar surface area (TPSA) is 40.5 Å². The molecule has 0 heterocycles. The van der Waals surface area contributed by atoms with Gasteiger partial charge >= 0.3 is 6.18 Å². The van der Waals surface area contributed by atoms with Crippen LogP contribution in [0.15, 0.2) is 30.3 Å². The van der Waals surface area contributed by atoms with E-state index >= 15 is 0 Å². The van der Waals surface area contributed by atoms with Crippen LogP contribution in [0.4, 0.5) is 13.2 Å². The summed E-state index contributed by atoms with van der Waals surface area (Å²) in [5, 5.41) is 17.9. The van der Waals surface area contributed by atoms with Crippen LogP contribution in [0.1, 0.15) is 18.4 Å². The largest absolute Gasteiger partial charge is 0.419 e. The number of aryl methyl sites for hydroxylation is 1. The summed E-state index contributed by atoms with van der Waals surface area (Å²) in [6.07, 6.45) is -4.68. The minimum absolute atomic E-state index is 0.167. The fourth-order valence-corrected chi connectivity index (χ4v) is 1.54. The van der Waals surface area contributed by atoms with Gasteiger partial charge in [-0.05, 0) is 24.8 Å². The minimum atomic E-state index is -4.79. The number of halogens is 3. The molecule has 2 N–H and O–H groups in total. The lowest BCUT2D eigenvalue weighted by atomic mass is 9.95. The Hall–Kier alpha value is -1.07. The van der Waals surface area contributed by atoms with Crippen molar-refractivity contribution in [3.63, 3.8) is 0 Å². The molecule has 0 spiro atoms. The summed E-state index contributed by atoms with van der Waals surface area (Å²) in [7, 11) is 0. The molecule has 0 amide bonds. The van der Waals surface area contributed by atoms with E-state index in [0.29, 0.717) is 6.42 Å². The zero-order chi connectivity index (χ0) is 12.9. The molecule has 1 rings (SSSR count). The van der Waals surface area contributed by atoms with Crippen LogP contribution in [0, 0.1) is 0 Å². The summed E-state index contributed by atoms with van der Waals surface area (Å²) in [4.78, 5) is 0. The number of rotatable bonds is 5. The third kappa shape index (κ3) is 3.71. The number of hydrogen-bond acceptors (Lipinski definition) is 2. The Bertz CT molecular complexity index is 337. The summed E-state index contributed by atoms with van der Waals surface area (Å²) in [6, 6.07) is 9.05. The lowest BCUT2D eigenvalue weighted by molar-refractivity contribution is -0.273. The van der Waals surface area contributed by atoms with E-state index in [0.717, 1.165) is 5.56 Å². The van der Waals surface area contributed by atoms with Crippen molar-refractivity contribution in [1.29, 1.82) is 0 Å². The predicted molar refractivity (Wildman–Crippen MR) is 57.5 cm³/mol. The summed E-state index contributed by atoms with van der Waals surface area (Å²) in [6.45, 7) is -1.30. The van der Waals surface area contributed by atoms with Crippen molar-refractivity contribution in [2.24, 2.45) is 0 Å². The predicted octanol–water partition coefficient (Wildman–Crippen LogP) is 2.30. The quantitative estimate of drug-likeness (QED) is 0.839. The van der Waals surface area contributed by atoms with E-state index in [9.17, 15) is 18.3 Å². The third-order valence-corrected chi connectivity index (χ3v) is 2.69. The second-order valence-corrected chi connectivity index (χ2v) is 4.03. The van der Waals surface area contributed by atoms with Gasteiger partial charge in [-0.25, -0.2) is 0 Å². The monoisotopic (exact) mass is 248 g/mol. The highest BCUT2D eigenvalue weighted by Gasteiger charge is 2.52. The highest BCUT2D eigenvalue weighted by Crippen LogP contribution is 2.33. The maximum absolute atomic E-state index is 12.4. The van der Waals surface area contributed by atoms with Gasteiger partial charge in [0, 0.05) is 0 Å². The van der Waals surface area contributed by atoms with Crippen molar-refractivity contribution >= 4 is 0 Å². The molecule has 96 valence electrons. The van der Waals surface area contributed by atoms with Crippen LogP contribution in [-0.2, 0) is 6.42 Å². The van der Waals surface area contributed by atoms with Crippen LogP contribution in [0.3, 0.4) is 0 Å². The smallest absolute Gasteiger partial charge is 0.393 e. The molecule has 0 saturated carbocycles. The highest BCUT2D eigenvalue weighted by molar-refractivity contribution is 5.14. The fourth-order valence-electron chi connectivity index (χ4n) is 1.54. The third-order valence-electron chi connectivity index (χ3n) is 2.69. The summed E-state index contributed by atoms with van der Waals surface area (Å²) < 4.78 is 37.3. The first-order chi connectivity index (χ1) is 7.89. The SMILES string of the molecule is OC[C@@](O)(CCCc1ccccc1)C(F)(F)F. The van der Waals surface area contributed by atoms with Gasteiger partial charge in [0.15, 0.2) is 5.60 Å². The first-order valence-electron chi connectivity index (χ1n) is 5.33. The molecule has 0 bridgehead atoms. The molecule has 0 fully saturated rings. The van der Waals surface area contributed by atoms with Crippen LogP contribution in [-0.4, -0.2) is 28.6 Å². The van der Waals surface area contributed by atoms with E-state index in [2.05, 4.69) is 0 Å². The average Bonchev–Trinajstić information content (AvgIpc) is 2.28. The van der Waals surface area contributed by atoms with Gasteiger partial charge in [0.1, 0.15) is 0 Å². The molecule has 1 aromatic rings. The van der Waals surface area contributed by atoms with E-state index < -0.39 is 24.8 Å². The molecule has 17 heavy (non-hydrogen) atoms. The standard InChI is InChI=1S/C12H15F3O2/c13-12(14,15)11(17,9-16)8-4-7-10-5-2-1-3-6-10/h1-3,5-6,16-17H,4,7-9H2/t11-/m0/s1. The molecule has 0 unspecified atom stereocenters. The van der Waals surface area contributed by atoms with Gasteiger partial charge in [0.05, 0.1) is 6.61 Å². The van der Waals surface area contributed by atoms with E-state index in [-0.39, 0.29) is 6.42 Å². The van der Waals surface area contributed by atoms with E-state index in [1.54, 1.807) is 12.1 Å². The zero-order valence-corrected chi connectivity index (χ0v) is 9.24. The number of benzene rings is 1. The van der Waals surface area contributed by atoms with Gasteiger partial charge < -0.3 is 10.2 Å². The fraction of sp³-hybridized carbons (Fsp3) is 0.500. The Labute approximate surface area is 97.7 Å². The second kappa shape index (κ2) is 5.51. The Balaban J connectivity index is 2.50. The summed E-state index contributed by atoms with van der Waals surface area (Å²) in [5.74, 6) is 0. The number of aliphatic hydroxyl groups is 2. The Kier molecular flexibility index (Phi) is 4.54. The summed E-state index contributed by atoms with van der Waals surface area (Å²) >= 11 is 0. The van der Waals surface area contributed by atoms with Crippen LogP contribution >= 0.6 is 0 Å². The first-order valence-corrected chi connectivity index (χ1v) is 5.33. The van der Waals surface area contributed by atoms with Crippen LogP contribution in [0.5, 0.6) is 0 Å². The molecule has 0 aliphatic heterocycles. The first kappa shape index (κ1) is 14.0. The molecule has 1 aromatic carbocycles. The molecule has 0 radical (unpaired) electrons. The lowest BCUT2D eigenvalue weighted by Crippen LogP contribution is -2.48. The maximum Gasteiger partial charge on any atom is 0.419 e. The molecule has 0 aliphatic rings. The minimum Gasteiger partial charge on any atom is -0.393 e. The van der Waals surface area contributed by atoms with Crippen molar-refractivity contribution in [2.45, 2.75) is 31.0 Å². The molecule has 0 aliphatic carbocycles. The van der Waals surface area contributed by atoms with Crippen LogP contribution < -0.4 is 0 Å². The van der Waals surface area contributed by atoms with Crippen molar-refractivity contribution in [2.75, 3.05) is 6.61 Å². The second-order valence-electron chi connectivity index (χ2n) is 4.03. The Morgan fingerprint density at radius 3 is 2.12 bits per heavy atom. The number of aliphatic hydroxyl groups excluding tert-OH is 1. The maximum atomic E-state index is 12.4. The van der Waals surface area contributed by atoms with E-state index in [4.69, 9.17) is 5.11 Å². The van der Waals surface area contributed by atoms with Crippen molar-refractivity contribution in [3.8, 4) is 0 Å². The molecule has 2 nitrogen and oxygen atoms in total. The normalized spacial score (nSPS) is 15.6. The molecule has 5 heteroatoms. The highest BCUT2D eigenvalue weighted by atomic mass is 19.4. The summed E-state index contributed by atoms with van der Waals surface area (Å²) in [5.41, 5.74) is -2.07. The number of hydrogen-bond donors (Lipinski definition) is 2. The average molecular weight is 248 g/mol. The van der Waals surface area contributed by atoms with Gasteiger partial charge in [0.25, 0.3) is 0 Å². The van der Waals surface area contributed by atoms with Gasteiger partial charge in [-0.3, -0.25) is 0 Å². The molecular formula is C12H15F3O2. The molecule has 0 aromatic heterocycles. The van der Waals surface area contributed by atoms with Crippen LogP contribution in [0.25, 0.3) is 0 Å². The van der Waals surface area contributed by atoms with E-state index in [1.165, 1.54) is 0 Å². The Morgan fingerprint density at radius 1 is 1.06 bits per heavy atom. The van der Waals surface area contributed by atoms with Crippen molar-refractivity contribution in [3.05, 3.63) is 35.9 Å². The van der Waals surface area contributed by atoms with Crippen molar-refractivity contribution < 1.29 is 23.4 Å².